The number of rotatable bonds is 8. The van der Waals surface area contributed by atoms with E-state index < -0.39 is 0 Å². The zero-order valence-electron chi connectivity index (χ0n) is 31.3. The van der Waals surface area contributed by atoms with Gasteiger partial charge in [0.15, 0.2) is 0 Å². The first kappa shape index (κ1) is 34.0. The monoisotopic (exact) mass is 726 g/mol. The van der Waals surface area contributed by atoms with Crippen LogP contribution in [0.2, 0.25) is 0 Å². The molecule has 10 aromatic rings. The molecule has 0 N–H and O–H groups in total. The van der Waals surface area contributed by atoms with Crippen LogP contribution in [0.1, 0.15) is 0 Å². The standard InChI is InChI=1S/C55H38N2/c1-4-16-39(17-5-1)42-27-29-43(30-28-42)54-49-22-10-12-24-51(49)55(52-25-13-11-23-50(52)54)44-31-33-47(34-32-44)57(53-26-14-15-35-56-53)48-37-45(40-18-6-2-7-19-40)36-46(38-48)41-20-8-3-9-21-41/h1-38H. The number of aromatic nitrogens is 1. The Morgan fingerprint density at radius 2 is 0.632 bits per heavy atom. The van der Waals surface area contributed by atoms with E-state index in [2.05, 4.69) is 223 Å². The number of benzene rings is 9. The first-order chi connectivity index (χ1) is 28.3. The third kappa shape index (κ3) is 6.54. The Hall–Kier alpha value is -7.55. The number of hydrogen-bond donors (Lipinski definition) is 0. The van der Waals surface area contributed by atoms with E-state index in [0.29, 0.717) is 0 Å². The van der Waals surface area contributed by atoms with Gasteiger partial charge in [0.05, 0.1) is 0 Å². The lowest BCUT2D eigenvalue weighted by molar-refractivity contribution is 1.18. The van der Waals surface area contributed by atoms with Crippen molar-refractivity contribution in [3.05, 3.63) is 231 Å². The van der Waals surface area contributed by atoms with Crippen LogP contribution in [0.5, 0.6) is 0 Å². The molecule has 0 atom stereocenters. The van der Waals surface area contributed by atoms with Crippen LogP contribution in [0.3, 0.4) is 0 Å². The summed E-state index contributed by atoms with van der Waals surface area (Å²) in [6.45, 7) is 0. The molecule has 1 aromatic heterocycles. The molecule has 268 valence electrons. The zero-order chi connectivity index (χ0) is 38.0. The third-order valence-electron chi connectivity index (χ3n) is 10.9. The van der Waals surface area contributed by atoms with Crippen molar-refractivity contribution in [1.82, 2.24) is 4.98 Å². The van der Waals surface area contributed by atoms with Gasteiger partial charge < -0.3 is 0 Å². The molecule has 0 aliphatic carbocycles. The number of fused-ring (bicyclic) bond motifs is 2. The van der Waals surface area contributed by atoms with Crippen molar-refractivity contribution in [1.29, 1.82) is 0 Å². The van der Waals surface area contributed by atoms with Crippen molar-refractivity contribution in [3.8, 4) is 55.6 Å². The summed E-state index contributed by atoms with van der Waals surface area (Å²) < 4.78 is 0. The fourth-order valence-corrected chi connectivity index (χ4v) is 8.22. The molecular formula is C55H38N2. The van der Waals surface area contributed by atoms with Gasteiger partial charge in [-0.25, -0.2) is 4.98 Å². The molecule has 0 saturated heterocycles. The molecule has 2 nitrogen and oxygen atoms in total. The van der Waals surface area contributed by atoms with E-state index >= 15 is 0 Å². The summed E-state index contributed by atoms with van der Waals surface area (Å²) in [5.74, 6) is 0.855. The summed E-state index contributed by atoms with van der Waals surface area (Å²) >= 11 is 0. The minimum absolute atomic E-state index is 0.855. The van der Waals surface area contributed by atoms with Crippen molar-refractivity contribution in [2.75, 3.05) is 4.90 Å². The summed E-state index contributed by atoms with van der Waals surface area (Å²) in [6.07, 6.45) is 1.87. The lowest BCUT2D eigenvalue weighted by Crippen LogP contribution is -2.11. The van der Waals surface area contributed by atoms with Crippen molar-refractivity contribution >= 4 is 38.7 Å². The van der Waals surface area contributed by atoms with E-state index in [4.69, 9.17) is 4.98 Å². The summed E-state index contributed by atoms with van der Waals surface area (Å²) in [7, 11) is 0. The smallest absolute Gasteiger partial charge is 0.137 e. The Kier molecular flexibility index (Phi) is 8.91. The number of nitrogens with zero attached hydrogens (tertiary/aromatic N) is 2. The lowest BCUT2D eigenvalue weighted by atomic mass is 9.85. The van der Waals surface area contributed by atoms with Gasteiger partial charge in [-0.1, -0.05) is 182 Å². The number of hydrogen-bond acceptors (Lipinski definition) is 2. The van der Waals surface area contributed by atoms with E-state index in [1.807, 2.05) is 12.3 Å². The van der Waals surface area contributed by atoms with Crippen molar-refractivity contribution < 1.29 is 0 Å². The average molecular weight is 727 g/mol. The average Bonchev–Trinajstić information content (AvgIpc) is 3.30. The van der Waals surface area contributed by atoms with Crippen molar-refractivity contribution in [2.24, 2.45) is 0 Å². The Balaban J connectivity index is 1.11. The van der Waals surface area contributed by atoms with Crippen LogP contribution >= 0.6 is 0 Å². The second-order valence-electron chi connectivity index (χ2n) is 14.4. The van der Waals surface area contributed by atoms with Crippen LogP contribution in [-0.4, -0.2) is 4.98 Å². The molecule has 0 aliphatic rings. The zero-order valence-corrected chi connectivity index (χ0v) is 31.3. The summed E-state index contributed by atoms with van der Waals surface area (Å²) in [6, 6.07) is 80.5. The molecule has 57 heavy (non-hydrogen) atoms. The minimum Gasteiger partial charge on any atom is -0.295 e. The molecule has 1 heterocycles. The normalized spacial score (nSPS) is 11.2. The fraction of sp³-hybridized carbons (Fsp3) is 0. The summed E-state index contributed by atoms with van der Waals surface area (Å²) in [4.78, 5) is 7.15. The van der Waals surface area contributed by atoms with Gasteiger partial charge in [-0.2, -0.15) is 0 Å². The molecule has 0 spiro atoms. The Morgan fingerprint density at radius 3 is 1.07 bits per heavy atom. The molecule has 0 unspecified atom stereocenters. The largest absolute Gasteiger partial charge is 0.295 e. The highest BCUT2D eigenvalue weighted by Crippen LogP contribution is 2.45. The molecular weight excluding hydrogens is 689 g/mol. The van der Waals surface area contributed by atoms with Crippen LogP contribution in [0, 0.1) is 0 Å². The molecule has 0 amide bonds. The predicted molar refractivity (Wildman–Crippen MR) is 241 cm³/mol. The fourth-order valence-electron chi connectivity index (χ4n) is 8.22. The SMILES string of the molecule is c1ccc(-c2ccc(-c3c4ccccc4c(-c4ccc(N(c5cc(-c6ccccc6)cc(-c6ccccc6)c5)c5ccccn5)cc4)c4ccccc34)cc2)cc1. The molecule has 2 heteroatoms. The molecule has 0 aliphatic heterocycles. The number of pyridine rings is 1. The van der Waals surface area contributed by atoms with Gasteiger partial charge >= 0.3 is 0 Å². The second-order valence-corrected chi connectivity index (χ2v) is 14.4. The molecule has 0 saturated carbocycles. The van der Waals surface area contributed by atoms with Gasteiger partial charge in [0, 0.05) is 17.6 Å². The predicted octanol–water partition coefficient (Wildman–Crippen LogP) is 15.2. The van der Waals surface area contributed by atoms with Crippen LogP contribution < -0.4 is 4.90 Å². The van der Waals surface area contributed by atoms with E-state index in [9.17, 15) is 0 Å². The van der Waals surface area contributed by atoms with Crippen LogP contribution in [0.4, 0.5) is 17.2 Å². The summed E-state index contributed by atoms with van der Waals surface area (Å²) in [5, 5.41) is 4.94. The van der Waals surface area contributed by atoms with Gasteiger partial charge in [0.2, 0.25) is 0 Å². The van der Waals surface area contributed by atoms with E-state index in [1.165, 1.54) is 66.1 Å². The first-order valence-electron chi connectivity index (χ1n) is 19.5. The molecule has 0 fully saturated rings. The van der Waals surface area contributed by atoms with E-state index in [-0.39, 0.29) is 0 Å². The lowest BCUT2D eigenvalue weighted by Gasteiger charge is -2.26. The molecule has 10 rings (SSSR count). The third-order valence-corrected chi connectivity index (χ3v) is 10.9. The summed E-state index contributed by atoms with van der Waals surface area (Å²) in [5.41, 5.74) is 14.0. The van der Waals surface area contributed by atoms with Crippen molar-refractivity contribution in [2.45, 2.75) is 0 Å². The minimum atomic E-state index is 0.855. The Labute approximate surface area is 333 Å². The maximum Gasteiger partial charge on any atom is 0.137 e. The Morgan fingerprint density at radius 1 is 0.263 bits per heavy atom. The molecule has 0 bridgehead atoms. The highest BCUT2D eigenvalue weighted by Gasteiger charge is 2.19. The van der Waals surface area contributed by atoms with Crippen LogP contribution in [0.15, 0.2) is 231 Å². The van der Waals surface area contributed by atoms with Gasteiger partial charge in [0.1, 0.15) is 5.82 Å². The highest BCUT2D eigenvalue weighted by molar-refractivity contribution is 6.21. The number of anilines is 3. The van der Waals surface area contributed by atoms with Crippen molar-refractivity contribution in [3.63, 3.8) is 0 Å². The first-order valence-corrected chi connectivity index (χ1v) is 19.5. The Bertz CT molecular complexity index is 2840. The maximum atomic E-state index is 4.89. The maximum absolute atomic E-state index is 4.89. The van der Waals surface area contributed by atoms with Gasteiger partial charge in [0.25, 0.3) is 0 Å². The topological polar surface area (TPSA) is 16.1 Å². The van der Waals surface area contributed by atoms with E-state index in [0.717, 1.165) is 28.3 Å². The molecule has 0 radical (unpaired) electrons. The quantitative estimate of drug-likeness (QED) is 0.145. The van der Waals surface area contributed by atoms with Crippen LogP contribution in [-0.2, 0) is 0 Å². The van der Waals surface area contributed by atoms with E-state index in [1.54, 1.807) is 0 Å². The van der Waals surface area contributed by atoms with Gasteiger partial charge in [-0.15, -0.1) is 0 Å². The van der Waals surface area contributed by atoms with Gasteiger partial charge in [-0.05, 0) is 120 Å². The second kappa shape index (κ2) is 14.9. The highest BCUT2D eigenvalue weighted by atomic mass is 15.2. The molecule has 9 aromatic carbocycles. The van der Waals surface area contributed by atoms with Crippen LogP contribution in [0.25, 0.3) is 77.2 Å². The van der Waals surface area contributed by atoms with Gasteiger partial charge in [-0.3, -0.25) is 4.90 Å².